The number of nitrogens with one attached hydrogen (secondary N) is 1. The minimum Gasteiger partial charge on any atom is -0.348 e. The van der Waals surface area contributed by atoms with E-state index in [9.17, 15) is 4.79 Å². The van der Waals surface area contributed by atoms with Gasteiger partial charge in [-0.05, 0) is 19.3 Å². The van der Waals surface area contributed by atoms with E-state index in [-0.39, 0.29) is 11.8 Å². The summed E-state index contributed by atoms with van der Waals surface area (Å²) < 4.78 is 0. The van der Waals surface area contributed by atoms with Gasteiger partial charge in [0.1, 0.15) is 5.82 Å². The molecule has 1 amide bonds. The van der Waals surface area contributed by atoms with E-state index in [4.69, 9.17) is 5.10 Å². The summed E-state index contributed by atoms with van der Waals surface area (Å²) in [6.07, 6.45) is 13.3. The Morgan fingerprint density at radius 3 is 2.82 bits per heavy atom. The minimum atomic E-state index is -0.0352. The maximum atomic E-state index is 12.8. The Hall–Kier alpha value is -1.65. The first-order valence-corrected chi connectivity index (χ1v) is 8.68. The first kappa shape index (κ1) is 15.3. The molecule has 0 saturated heterocycles. The fourth-order valence-corrected chi connectivity index (χ4v) is 3.57. The highest BCUT2D eigenvalue weighted by Gasteiger charge is 2.39. The van der Waals surface area contributed by atoms with Crippen LogP contribution in [0.2, 0.25) is 0 Å². The highest BCUT2D eigenvalue weighted by molar-refractivity contribution is 6.08. The smallest absolute Gasteiger partial charge is 0.251 e. The van der Waals surface area contributed by atoms with Crippen LogP contribution < -0.4 is 0 Å². The summed E-state index contributed by atoms with van der Waals surface area (Å²) in [6, 6.07) is 0.319. The fraction of sp³-hybridized carbons (Fsp3) is 0.706. The van der Waals surface area contributed by atoms with Crippen molar-refractivity contribution in [2.45, 2.75) is 70.8 Å². The molecule has 1 aliphatic heterocycles. The zero-order valence-corrected chi connectivity index (χ0v) is 13.4. The molecule has 0 bridgehead atoms. The standard InChI is InChI=1S/C17H26N4O/c1-2-3-9-14-15(12-16-18-10-11-19-16)20-21(17(14)22)13-7-5-4-6-8-13/h10-11,13-14H,2-9,12H2,1H3,(H,18,19). The lowest BCUT2D eigenvalue weighted by atomic mass is 9.92. The van der Waals surface area contributed by atoms with Gasteiger partial charge >= 0.3 is 0 Å². The summed E-state index contributed by atoms with van der Waals surface area (Å²) in [5.74, 6) is 1.09. The predicted molar refractivity (Wildman–Crippen MR) is 86.5 cm³/mol. The molecule has 22 heavy (non-hydrogen) atoms. The van der Waals surface area contributed by atoms with E-state index >= 15 is 0 Å². The molecule has 3 rings (SSSR count). The molecule has 1 aromatic rings. The molecule has 1 saturated carbocycles. The van der Waals surface area contributed by atoms with Gasteiger partial charge in [0.2, 0.25) is 0 Å². The molecule has 0 aromatic carbocycles. The topological polar surface area (TPSA) is 61.4 Å². The molecule has 1 atom stereocenters. The zero-order valence-electron chi connectivity index (χ0n) is 13.4. The maximum absolute atomic E-state index is 12.8. The number of hydrazone groups is 1. The van der Waals surface area contributed by atoms with Crippen LogP contribution in [-0.4, -0.2) is 32.6 Å². The van der Waals surface area contributed by atoms with Gasteiger partial charge < -0.3 is 4.98 Å². The van der Waals surface area contributed by atoms with Gasteiger partial charge in [-0.15, -0.1) is 0 Å². The minimum absolute atomic E-state index is 0.0352. The number of carbonyl (C=O) groups excluding carboxylic acids is 1. The summed E-state index contributed by atoms with van der Waals surface area (Å²) in [5, 5.41) is 6.56. The third-order valence-electron chi connectivity index (χ3n) is 4.83. The van der Waals surface area contributed by atoms with E-state index in [2.05, 4.69) is 16.9 Å². The normalized spacial score (nSPS) is 23.1. The summed E-state index contributed by atoms with van der Waals surface area (Å²) in [5.41, 5.74) is 0.999. The van der Waals surface area contributed by atoms with Crippen molar-refractivity contribution in [3.8, 4) is 0 Å². The molecular weight excluding hydrogens is 276 g/mol. The van der Waals surface area contributed by atoms with Crippen LogP contribution in [0.5, 0.6) is 0 Å². The molecular formula is C17H26N4O. The second-order valence-electron chi connectivity index (χ2n) is 6.47. The molecule has 1 unspecified atom stereocenters. The summed E-state index contributed by atoms with van der Waals surface area (Å²) >= 11 is 0. The van der Waals surface area contributed by atoms with Crippen LogP contribution in [0.15, 0.2) is 17.5 Å². The highest BCUT2D eigenvalue weighted by atomic mass is 16.2. The molecule has 1 fully saturated rings. The number of H-pyrrole nitrogens is 1. The SMILES string of the molecule is CCCCC1C(=O)N(C2CCCCC2)N=C1Cc1ncc[nH]1. The van der Waals surface area contributed by atoms with E-state index in [1.807, 2.05) is 11.2 Å². The third-order valence-corrected chi connectivity index (χ3v) is 4.83. The molecule has 120 valence electrons. The van der Waals surface area contributed by atoms with Crippen LogP contribution >= 0.6 is 0 Å². The second-order valence-corrected chi connectivity index (χ2v) is 6.47. The van der Waals surface area contributed by atoms with Gasteiger partial charge in [-0.3, -0.25) is 4.79 Å². The van der Waals surface area contributed by atoms with E-state index in [1.165, 1.54) is 19.3 Å². The van der Waals surface area contributed by atoms with Crippen LogP contribution in [0.25, 0.3) is 0 Å². The van der Waals surface area contributed by atoms with Crippen LogP contribution in [0.3, 0.4) is 0 Å². The number of imidazole rings is 1. The summed E-state index contributed by atoms with van der Waals surface area (Å²) in [6.45, 7) is 2.17. The van der Waals surface area contributed by atoms with Gasteiger partial charge in [0, 0.05) is 18.8 Å². The van der Waals surface area contributed by atoms with Crippen LogP contribution in [0.1, 0.15) is 64.1 Å². The molecule has 0 spiro atoms. The number of rotatable bonds is 6. The number of amides is 1. The monoisotopic (exact) mass is 302 g/mol. The number of aromatic amines is 1. The molecule has 1 N–H and O–H groups in total. The Morgan fingerprint density at radius 2 is 2.14 bits per heavy atom. The van der Waals surface area contributed by atoms with E-state index in [0.29, 0.717) is 12.5 Å². The van der Waals surface area contributed by atoms with Gasteiger partial charge in [-0.1, -0.05) is 39.0 Å². The Balaban J connectivity index is 1.76. The highest BCUT2D eigenvalue weighted by Crippen LogP contribution is 2.30. The molecule has 2 heterocycles. The van der Waals surface area contributed by atoms with Crippen LogP contribution in [-0.2, 0) is 11.2 Å². The first-order chi connectivity index (χ1) is 10.8. The number of unbranched alkanes of at least 4 members (excludes halogenated alkanes) is 1. The van der Waals surface area contributed by atoms with Gasteiger partial charge in [-0.2, -0.15) is 5.10 Å². The molecule has 1 aliphatic carbocycles. The molecule has 1 aromatic heterocycles. The lowest BCUT2D eigenvalue weighted by Crippen LogP contribution is -2.37. The van der Waals surface area contributed by atoms with Crippen molar-refractivity contribution in [1.29, 1.82) is 0 Å². The van der Waals surface area contributed by atoms with Crippen molar-refractivity contribution in [3.05, 3.63) is 18.2 Å². The number of aromatic nitrogens is 2. The summed E-state index contributed by atoms with van der Waals surface area (Å²) in [7, 11) is 0. The Morgan fingerprint density at radius 1 is 1.32 bits per heavy atom. The van der Waals surface area contributed by atoms with E-state index in [1.54, 1.807) is 6.20 Å². The zero-order chi connectivity index (χ0) is 15.4. The van der Waals surface area contributed by atoms with Gasteiger partial charge in [-0.25, -0.2) is 9.99 Å². The van der Waals surface area contributed by atoms with Crippen LogP contribution in [0, 0.1) is 5.92 Å². The lowest BCUT2D eigenvalue weighted by Gasteiger charge is -2.28. The average Bonchev–Trinajstić information content (AvgIpc) is 3.16. The summed E-state index contributed by atoms with van der Waals surface area (Å²) in [4.78, 5) is 20.2. The average molecular weight is 302 g/mol. The predicted octanol–water partition coefficient (Wildman–Crippen LogP) is 3.29. The van der Waals surface area contributed by atoms with Crippen molar-refractivity contribution < 1.29 is 4.79 Å². The van der Waals surface area contributed by atoms with Gasteiger partial charge in [0.15, 0.2) is 0 Å². The quantitative estimate of drug-likeness (QED) is 0.876. The molecule has 5 nitrogen and oxygen atoms in total. The van der Waals surface area contributed by atoms with Gasteiger partial charge in [0.25, 0.3) is 5.91 Å². The van der Waals surface area contributed by atoms with Gasteiger partial charge in [0.05, 0.1) is 17.7 Å². The Bertz CT molecular complexity index is 517. The Labute approximate surface area is 132 Å². The van der Waals surface area contributed by atoms with Crippen molar-refractivity contribution in [2.24, 2.45) is 11.0 Å². The molecule has 5 heteroatoms. The number of nitrogens with zero attached hydrogens (tertiary/aromatic N) is 3. The number of carbonyl (C=O) groups is 1. The van der Waals surface area contributed by atoms with Crippen molar-refractivity contribution in [1.82, 2.24) is 15.0 Å². The number of hydrogen-bond donors (Lipinski definition) is 1. The number of hydrogen-bond acceptors (Lipinski definition) is 3. The molecule has 2 aliphatic rings. The molecule has 0 radical (unpaired) electrons. The first-order valence-electron chi connectivity index (χ1n) is 8.68. The van der Waals surface area contributed by atoms with Crippen molar-refractivity contribution in [3.63, 3.8) is 0 Å². The van der Waals surface area contributed by atoms with Crippen molar-refractivity contribution >= 4 is 11.6 Å². The third kappa shape index (κ3) is 3.23. The van der Waals surface area contributed by atoms with Crippen molar-refractivity contribution in [2.75, 3.05) is 0 Å². The lowest BCUT2D eigenvalue weighted by molar-refractivity contribution is -0.134. The fourth-order valence-electron chi connectivity index (χ4n) is 3.57. The van der Waals surface area contributed by atoms with Crippen LogP contribution in [0.4, 0.5) is 0 Å². The largest absolute Gasteiger partial charge is 0.348 e. The van der Waals surface area contributed by atoms with E-state index < -0.39 is 0 Å². The Kier molecular flexibility index (Phi) is 4.90. The second kappa shape index (κ2) is 7.07. The maximum Gasteiger partial charge on any atom is 0.251 e. The van der Waals surface area contributed by atoms with E-state index in [0.717, 1.165) is 43.6 Å².